The number of hydrogen-bond donors (Lipinski definition) is 3. The highest BCUT2D eigenvalue weighted by Crippen LogP contribution is 2.19. The maximum absolute atomic E-state index is 12.1. The van der Waals surface area contributed by atoms with Crippen LogP contribution in [0.4, 0.5) is 11.4 Å². The second-order valence-corrected chi connectivity index (χ2v) is 6.57. The molecule has 24 heavy (non-hydrogen) atoms. The van der Waals surface area contributed by atoms with Crippen LogP contribution in [0.5, 0.6) is 0 Å². The highest BCUT2D eigenvalue weighted by molar-refractivity contribution is 7.12. The topological polar surface area (TPSA) is 70.2 Å². The summed E-state index contributed by atoms with van der Waals surface area (Å²) in [5.41, 5.74) is 1.37. The smallest absolute Gasteiger partial charge is 0.265 e. The van der Waals surface area contributed by atoms with Crippen LogP contribution in [0, 0.1) is 5.92 Å². The third-order valence-corrected chi connectivity index (χ3v) is 4.65. The van der Waals surface area contributed by atoms with Gasteiger partial charge in [-0.05, 0) is 55.1 Å². The first-order chi connectivity index (χ1) is 11.2. The van der Waals surface area contributed by atoms with Gasteiger partial charge in [0.05, 0.1) is 4.88 Å². The molecule has 1 aromatic carbocycles. The highest BCUT2D eigenvalue weighted by Gasteiger charge is 2.18. The monoisotopic (exact) mass is 365 g/mol. The van der Waals surface area contributed by atoms with E-state index in [0.717, 1.165) is 19.5 Å². The van der Waals surface area contributed by atoms with E-state index in [1.807, 2.05) is 29.6 Å². The lowest BCUT2D eigenvalue weighted by molar-refractivity contribution is -0.116. The van der Waals surface area contributed by atoms with Gasteiger partial charge in [0, 0.05) is 17.8 Å². The van der Waals surface area contributed by atoms with E-state index < -0.39 is 0 Å². The molecule has 2 aromatic rings. The van der Waals surface area contributed by atoms with Crippen molar-refractivity contribution in [2.75, 3.05) is 23.7 Å². The molecular weight excluding hydrogens is 346 g/mol. The summed E-state index contributed by atoms with van der Waals surface area (Å²) in [7, 11) is 0. The van der Waals surface area contributed by atoms with Crippen molar-refractivity contribution < 1.29 is 9.59 Å². The average molecular weight is 366 g/mol. The number of nitrogens with one attached hydrogen (secondary N) is 3. The average Bonchev–Trinajstić information content (AvgIpc) is 3.20. The van der Waals surface area contributed by atoms with Crippen LogP contribution >= 0.6 is 23.7 Å². The molecule has 1 fully saturated rings. The van der Waals surface area contributed by atoms with E-state index in [1.54, 1.807) is 12.1 Å². The lowest BCUT2D eigenvalue weighted by Crippen LogP contribution is -2.18. The van der Waals surface area contributed by atoms with Gasteiger partial charge in [0.2, 0.25) is 5.91 Å². The summed E-state index contributed by atoms with van der Waals surface area (Å²) < 4.78 is 0. The van der Waals surface area contributed by atoms with Crippen LogP contribution in [0.15, 0.2) is 41.8 Å². The molecular formula is C17H20ClN3O2S. The zero-order chi connectivity index (χ0) is 16.1. The SMILES string of the molecule is Cl.O=C(CC1CCNC1)Nc1cccc(NC(=O)c2cccs2)c1. The normalized spacial score (nSPS) is 16.2. The number of carbonyl (C=O) groups is 2. The summed E-state index contributed by atoms with van der Waals surface area (Å²) in [4.78, 5) is 24.8. The number of thiophene rings is 1. The first-order valence-electron chi connectivity index (χ1n) is 7.66. The predicted molar refractivity (Wildman–Crippen MR) is 100 cm³/mol. The quantitative estimate of drug-likeness (QED) is 0.760. The lowest BCUT2D eigenvalue weighted by atomic mass is 10.0. The van der Waals surface area contributed by atoms with Gasteiger partial charge in [0.25, 0.3) is 5.91 Å². The molecule has 7 heteroatoms. The van der Waals surface area contributed by atoms with Crippen LogP contribution < -0.4 is 16.0 Å². The van der Waals surface area contributed by atoms with E-state index in [-0.39, 0.29) is 24.2 Å². The third kappa shape index (κ3) is 5.06. The highest BCUT2D eigenvalue weighted by atomic mass is 35.5. The second-order valence-electron chi connectivity index (χ2n) is 5.62. The van der Waals surface area contributed by atoms with E-state index in [2.05, 4.69) is 16.0 Å². The van der Waals surface area contributed by atoms with Crippen LogP contribution in [-0.4, -0.2) is 24.9 Å². The number of hydrogen-bond acceptors (Lipinski definition) is 4. The second kappa shape index (κ2) is 8.82. The molecule has 1 aliphatic rings. The molecule has 5 nitrogen and oxygen atoms in total. The zero-order valence-corrected chi connectivity index (χ0v) is 14.7. The molecule has 1 aliphatic heterocycles. The van der Waals surface area contributed by atoms with Crippen molar-refractivity contribution in [3.63, 3.8) is 0 Å². The van der Waals surface area contributed by atoms with E-state index in [0.29, 0.717) is 28.6 Å². The van der Waals surface area contributed by atoms with Crippen molar-refractivity contribution in [3.05, 3.63) is 46.7 Å². The fourth-order valence-electron chi connectivity index (χ4n) is 2.64. The largest absolute Gasteiger partial charge is 0.326 e. The Labute approximate surface area is 151 Å². The van der Waals surface area contributed by atoms with Gasteiger partial charge in [-0.1, -0.05) is 12.1 Å². The molecule has 0 spiro atoms. The van der Waals surface area contributed by atoms with Gasteiger partial charge in [-0.15, -0.1) is 23.7 Å². The maximum atomic E-state index is 12.1. The van der Waals surface area contributed by atoms with E-state index in [1.165, 1.54) is 11.3 Å². The lowest BCUT2D eigenvalue weighted by Gasteiger charge is -2.10. The molecule has 1 atom stereocenters. The minimum absolute atomic E-state index is 0. The van der Waals surface area contributed by atoms with Crippen molar-refractivity contribution in [1.29, 1.82) is 0 Å². The molecule has 128 valence electrons. The molecule has 1 unspecified atom stereocenters. The Hall–Kier alpha value is -1.89. The first kappa shape index (κ1) is 18.4. The van der Waals surface area contributed by atoms with Crippen molar-refractivity contribution >= 4 is 46.9 Å². The predicted octanol–water partition coefficient (Wildman–Crippen LogP) is 3.36. The summed E-state index contributed by atoms with van der Waals surface area (Å²) >= 11 is 1.40. The fraction of sp³-hybridized carbons (Fsp3) is 0.294. The van der Waals surface area contributed by atoms with Crippen molar-refractivity contribution in [1.82, 2.24) is 5.32 Å². The Morgan fingerprint density at radius 2 is 1.96 bits per heavy atom. The number of benzene rings is 1. The molecule has 3 N–H and O–H groups in total. The minimum atomic E-state index is -0.138. The maximum Gasteiger partial charge on any atom is 0.265 e. The molecule has 3 rings (SSSR count). The summed E-state index contributed by atoms with van der Waals surface area (Å²) in [6, 6.07) is 10.8. The number of rotatable bonds is 5. The van der Waals surface area contributed by atoms with Crippen molar-refractivity contribution in [2.45, 2.75) is 12.8 Å². The Morgan fingerprint density at radius 1 is 1.17 bits per heavy atom. The minimum Gasteiger partial charge on any atom is -0.326 e. The first-order valence-corrected chi connectivity index (χ1v) is 8.54. The van der Waals surface area contributed by atoms with Gasteiger partial charge in [0.15, 0.2) is 0 Å². The van der Waals surface area contributed by atoms with Crippen LogP contribution in [0.3, 0.4) is 0 Å². The standard InChI is InChI=1S/C17H19N3O2S.ClH/c21-16(9-12-6-7-18-11-12)19-13-3-1-4-14(10-13)20-17(22)15-5-2-8-23-15;/h1-5,8,10,12,18H,6-7,9,11H2,(H,19,21)(H,20,22);1H. The Morgan fingerprint density at radius 3 is 2.62 bits per heavy atom. The van der Waals surface area contributed by atoms with Crippen LogP contribution in [-0.2, 0) is 4.79 Å². The van der Waals surface area contributed by atoms with Gasteiger partial charge in [-0.25, -0.2) is 0 Å². The molecule has 0 saturated carbocycles. The Kier molecular flexibility index (Phi) is 6.78. The van der Waals surface area contributed by atoms with E-state index >= 15 is 0 Å². The van der Waals surface area contributed by atoms with Gasteiger partial charge in [-0.2, -0.15) is 0 Å². The third-order valence-electron chi connectivity index (χ3n) is 3.79. The molecule has 0 bridgehead atoms. The van der Waals surface area contributed by atoms with Crippen LogP contribution in [0.2, 0.25) is 0 Å². The summed E-state index contributed by atoms with van der Waals surface area (Å²) in [5, 5.41) is 10.9. The van der Waals surface area contributed by atoms with E-state index in [9.17, 15) is 9.59 Å². The number of amides is 2. The Balaban J connectivity index is 0.00000208. The van der Waals surface area contributed by atoms with Gasteiger partial charge in [-0.3, -0.25) is 9.59 Å². The number of anilines is 2. The summed E-state index contributed by atoms with van der Waals surface area (Å²) in [5.74, 6) is 0.289. The van der Waals surface area contributed by atoms with Gasteiger partial charge < -0.3 is 16.0 Å². The molecule has 2 heterocycles. The number of halogens is 1. The zero-order valence-electron chi connectivity index (χ0n) is 13.1. The van der Waals surface area contributed by atoms with Crippen molar-refractivity contribution in [2.24, 2.45) is 5.92 Å². The summed E-state index contributed by atoms with van der Waals surface area (Å²) in [6.45, 7) is 1.90. The van der Waals surface area contributed by atoms with Crippen LogP contribution in [0.25, 0.3) is 0 Å². The summed E-state index contributed by atoms with van der Waals surface area (Å²) in [6.07, 6.45) is 1.57. The molecule has 0 aliphatic carbocycles. The molecule has 1 saturated heterocycles. The molecule has 2 amide bonds. The number of carbonyl (C=O) groups excluding carboxylic acids is 2. The van der Waals surface area contributed by atoms with Crippen molar-refractivity contribution in [3.8, 4) is 0 Å². The van der Waals surface area contributed by atoms with Gasteiger partial charge in [0.1, 0.15) is 0 Å². The molecule has 1 aromatic heterocycles. The molecule has 0 radical (unpaired) electrons. The fourth-order valence-corrected chi connectivity index (χ4v) is 3.26. The Bertz CT molecular complexity index is 685. The van der Waals surface area contributed by atoms with Crippen LogP contribution in [0.1, 0.15) is 22.5 Å². The van der Waals surface area contributed by atoms with Gasteiger partial charge >= 0.3 is 0 Å². The van der Waals surface area contributed by atoms with E-state index in [4.69, 9.17) is 0 Å².